The highest BCUT2D eigenvalue weighted by Gasteiger charge is 2.35. The van der Waals surface area contributed by atoms with Gasteiger partial charge in [0.15, 0.2) is 0 Å². The van der Waals surface area contributed by atoms with E-state index in [0.29, 0.717) is 23.6 Å². The second-order valence-corrected chi connectivity index (χ2v) is 8.36. The number of methoxy groups -OCH3 is 1. The zero-order valence-corrected chi connectivity index (χ0v) is 20.3. The third-order valence-electron chi connectivity index (χ3n) is 6.02. The van der Waals surface area contributed by atoms with E-state index < -0.39 is 5.92 Å². The van der Waals surface area contributed by atoms with Crippen molar-refractivity contribution in [2.75, 3.05) is 30.5 Å². The van der Waals surface area contributed by atoms with Crippen LogP contribution in [-0.4, -0.2) is 38.0 Å². The number of nitrogens with zero attached hydrogens (tertiary/aromatic N) is 1. The van der Waals surface area contributed by atoms with Gasteiger partial charge in [0.25, 0.3) is 5.91 Å². The van der Waals surface area contributed by atoms with Gasteiger partial charge >= 0.3 is 0 Å². The molecular formula is C28H29N3O5. The van der Waals surface area contributed by atoms with Crippen molar-refractivity contribution in [1.82, 2.24) is 5.32 Å². The van der Waals surface area contributed by atoms with Crippen LogP contribution in [0.25, 0.3) is 0 Å². The summed E-state index contributed by atoms with van der Waals surface area (Å²) < 4.78 is 10.8. The molecule has 8 nitrogen and oxygen atoms in total. The highest BCUT2D eigenvalue weighted by molar-refractivity contribution is 6.07. The first-order chi connectivity index (χ1) is 17.5. The maximum atomic E-state index is 13.1. The van der Waals surface area contributed by atoms with Crippen LogP contribution >= 0.6 is 0 Å². The number of hydrogen-bond acceptors (Lipinski definition) is 5. The lowest BCUT2D eigenvalue weighted by molar-refractivity contribution is -0.122. The van der Waals surface area contributed by atoms with Crippen molar-refractivity contribution in [3.05, 3.63) is 83.9 Å². The third-order valence-corrected chi connectivity index (χ3v) is 6.02. The van der Waals surface area contributed by atoms with Gasteiger partial charge in [-0.3, -0.25) is 14.4 Å². The molecule has 2 N–H and O–H groups in total. The number of carbonyl (C=O) groups excluding carboxylic acids is 3. The predicted molar refractivity (Wildman–Crippen MR) is 137 cm³/mol. The molecule has 0 unspecified atom stereocenters. The van der Waals surface area contributed by atoms with Gasteiger partial charge in [0.2, 0.25) is 11.8 Å². The zero-order chi connectivity index (χ0) is 25.5. The number of para-hydroxylation sites is 2. The monoisotopic (exact) mass is 487 g/mol. The zero-order valence-electron chi connectivity index (χ0n) is 20.3. The number of benzene rings is 3. The van der Waals surface area contributed by atoms with Gasteiger partial charge < -0.3 is 25.0 Å². The van der Waals surface area contributed by atoms with Gasteiger partial charge in [0.05, 0.1) is 30.9 Å². The maximum Gasteiger partial charge on any atom is 0.253 e. The Morgan fingerprint density at radius 2 is 1.72 bits per heavy atom. The Kier molecular flexibility index (Phi) is 7.85. The molecule has 1 atom stereocenters. The number of anilines is 2. The molecule has 1 heterocycles. The fourth-order valence-electron chi connectivity index (χ4n) is 4.17. The molecule has 3 amide bonds. The van der Waals surface area contributed by atoms with E-state index in [4.69, 9.17) is 9.47 Å². The van der Waals surface area contributed by atoms with E-state index in [1.165, 1.54) is 0 Å². The van der Waals surface area contributed by atoms with Gasteiger partial charge in [0, 0.05) is 30.8 Å². The molecule has 1 fully saturated rings. The number of amides is 3. The lowest BCUT2D eigenvalue weighted by Crippen LogP contribution is -2.29. The molecule has 0 aromatic heterocycles. The molecule has 1 saturated heterocycles. The number of ether oxygens (including phenoxy) is 2. The molecule has 0 spiro atoms. The largest absolute Gasteiger partial charge is 0.496 e. The summed E-state index contributed by atoms with van der Waals surface area (Å²) in [6.45, 7) is 3.01. The van der Waals surface area contributed by atoms with Crippen LogP contribution in [0, 0.1) is 5.92 Å². The summed E-state index contributed by atoms with van der Waals surface area (Å²) in [5.74, 6) is 0.123. The summed E-state index contributed by atoms with van der Waals surface area (Å²) in [5, 5.41) is 5.73. The maximum absolute atomic E-state index is 13.1. The van der Waals surface area contributed by atoms with E-state index in [1.807, 2.05) is 43.3 Å². The topological polar surface area (TPSA) is 97.0 Å². The van der Waals surface area contributed by atoms with E-state index >= 15 is 0 Å². The van der Waals surface area contributed by atoms with Crippen LogP contribution in [0.15, 0.2) is 72.8 Å². The quantitative estimate of drug-likeness (QED) is 0.475. The highest BCUT2D eigenvalue weighted by atomic mass is 16.5. The molecule has 8 heteroatoms. The van der Waals surface area contributed by atoms with Crippen LogP contribution in [0.5, 0.6) is 11.5 Å². The molecule has 0 bridgehead atoms. The Morgan fingerprint density at radius 1 is 1.00 bits per heavy atom. The van der Waals surface area contributed by atoms with Crippen molar-refractivity contribution in [2.45, 2.75) is 19.9 Å². The first-order valence-electron chi connectivity index (χ1n) is 11.8. The molecule has 0 radical (unpaired) electrons. The van der Waals surface area contributed by atoms with Gasteiger partial charge in [-0.1, -0.05) is 30.3 Å². The highest BCUT2D eigenvalue weighted by Crippen LogP contribution is 2.28. The summed E-state index contributed by atoms with van der Waals surface area (Å²) in [4.78, 5) is 40.2. The molecule has 1 aliphatic rings. The standard InChI is InChI=1S/C28H29N3O5/c1-3-36-22-14-12-21(13-15-22)31-18-20(16-26(31)32)27(33)30-24-10-6-5-9-23(24)28(34)29-17-19-8-4-7-11-25(19)35-2/h4-15,20H,3,16-18H2,1-2H3,(H,29,34)(H,30,33)/t20-/m1/s1. The average Bonchev–Trinajstić information content (AvgIpc) is 3.30. The van der Waals surface area contributed by atoms with Crippen molar-refractivity contribution >= 4 is 29.1 Å². The molecule has 3 aromatic rings. The van der Waals surface area contributed by atoms with E-state index in [2.05, 4.69) is 10.6 Å². The molecule has 36 heavy (non-hydrogen) atoms. The molecule has 0 aliphatic carbocycles. The summed E-state index contributed by atoms with van der Waals surface area (Å²) in [7, 11) is 1.58. The predicted octanol–water partition coefficient (Wildman–Crippen LogP) is 4.02. The van der Waals surface area contributed by atoms with Gasteiger partial charge in [-0.15, -0.1) is 0 Å². The van der Waals surface area contributed by atoms with Gasteiger partial charge in [-0.25, -0.2) is 0 Å². The molecule has 4 rings (SSSR count). The summed E-state index contributed by atoms with van der Waals surface area (Å²) in [5.41, 5.74) is 2.30. The minimum Gasteiger partial charge on any atom is -0.496 e. The minimum atomic E-state index is -0.534. The van der Waals surface area contributed by atoms with Crippen molar-refractivity contribution in [3.8, 4) is 11.5 Å². The van der Waals surface area contributed by atoms with Crippen LogP contribution in [0.2, 0.25) is 0 Å². The fourth-order valence-corrected chi connectivity index (χ4v) is 4.17. The first-order valence-corrected chi connectivity index (χ1v) is 11.8. The van der Waals surface area contributed by atoms with E-state index in [0.717, 1.165) is 17.0 Å². The van der Waals surface area contributed by atoms with Crippen LogP contribution in [-0.2, 0) is 16.1 Å². The van der Waals surface area contributed by atoms with Crippen molar-refractivity contribution in [3.63, 3.8) is 0 Å². The number of carbonyl (C=O) groups is 3. The minimum absolute atomic E-state index is 0.0984. The van der Waals surface area contributed by atoms with Crippen molar-refractivity contribution in [2.24, 2.45) is 5.92 Å². The number of rotatable bonds is 9. The molecule has 1 aliphatic heterocycles. The Labute approximate surface area is 210 Å². The van der Waals surface area contributed by atoms with Crippen molar-refractivity contribution < 1.29 is 23.9 Å². The van der Waals surface area contributed by atoms with Crippen LogP contribution in [0.4, 0.5) is 11.4 Å². The average molecular weight is 488 g/mol. The number of hydrogen-bond donors (Lipinski definition) is 2. The van der Waals surface area contributed by atoms with Crippen LogP contribution in [0.1, 0.15) is 29.3 Å². The SMILES string of the molecule is CCOc1ccc(N2C[C@H](C(=O)Nc3ccccc3C(=O)NCc3ccccc3OC)CC2=O)cc1. The summed E-state index contributed by atoms with van der Waals surface area (Å²) >= 11 is 0. The smallest absolute Gasteiger partial charge is 0.253 e. The Balaban J connectivity index is 1.40. The van der Waals surface area contributed by atoms with E-state index in [-0.39, 0.29) is 37.2 Å². The van der Waals surface area contributed by atoms with E-state index in [1.54, 1.807) is 48.4 Å². The summed E-state index contributed by atoms with van der Waals surface area (Å²) in [6, 6.07) is 21.5. The molecule has 3 aromatic carbocycles. The lowest BCUT2D eigenvalue weighted by atomic mass is 10.1. The lowest BCUT2D eigenvalue weighted by Gasteiger charge is -2.18. The fraction of sp³-hybridized carbons (Fsp3) is 0.250. The third kappa shape index (κ3) is 5.66. The second kappa shape index (κ2) is 11.4. The molecule has 0 saturated carbocycles. The van der Waals surface area contributed by atoms with Gasteiger partial charge in [0.1, 0.15) is 11.5 Å². The van der Waals surface area contributed by atoms with Crippen molar-refractivity contribution in [1.29, 1.82) is 0 Å². The molecular weight excluding hydrogens is 458 g/mol. The number of nitrogens with one attached hydrogen (secondary N) is 2. The Morgan fingerprint density at radius 3 is 2.47 bits per heavy atom. The normalized spacial score (nSPS) is 14.9. The Bertz CT molecular complexity index is 1240. The van der Waals surface area contributed by atoms with E-state index in [9.17, 15) is 14.4 Å². The molecule has 186 valence electrons. The second-order valence-electron chi connectivity index (χ2n) is 8.36. The van der Waals surface area contributed by atoms with Gasteiger partial charge in [-0.05, 0) is 49.4 Å². The summed E-state index contributed by atoms with van der Waals surface area (Å²) in [6.07, 6.45) is 0.0984. The van der Waals surface area contributed by atoms with Crippen LogP contribution < -0.4 is 25.0 Å². The first kappa shape index (κ1) is 24.8. The van der Waals surface area contributed by atoms with Crippen LogP contribution in [0.3, 0.4) is 0 Å². The Hall–Kier alpha value is -4.33. The van der Waals surface area contributed by atoms with Gasteiger partial charge in [-0.2, -0.15) is 0 Å².